The number of benzene rings is 1. The third kappa shape index (κ3) is 9.62. The van der Waals surface area contributed by atoms with Crippen LogP contribution in [-0.2, 0) is 20.9 Å². The topological polar surface area (TPSA) is 138 Å². The van der Waals surface area contributed by atoms with Crippen molar-refractivity contribution in [3.05, 3.63) is 36.2 Å². The molecule has 0 radical (unpaired) electrons. The summed E-state index contributed by atoms with van der Waals surface area (Å²) in [6.45, 7) is 7.28. The van der Waals surface area contributed by atoms with Crippen LogP contribution in [0.25, 0.3) is 11.4 Å². The zero-order valence-electron chi connectivity index (χ0n) is 21.5. The monoisotopic (exact) mass is 518 g/mol. The van der Waals surface area contributed by atoms with Gasteiger partial charge < -0.3 is 21.1 Å². The third-order valence-corrected chi connectivity index (χ3v) is 6.14. The van der Waals surface area contributed by atoms with E-state index in [1.807, 2.05) is 41.3 Å². The molecule has 0 saturated carbocycles. The number of carboxylic acid groups (broad SMARTS) is 1. The maximum Gasteiger partial charge on any atom is 0.300 e. The molecular formula is C25H38N6O4S. The predicted octanol–water partition coefficient (Wildman–Crippen LogP) is 2.47. The van der Waals surface area contributed by atoms with Crippen molar-refractivity contribution in [2.45, 2.75) is 58.7 Å². The molecule has 0 aliphatic carbocycles. The van der Waals surface area contributed by atoms with Crippen molar-refractivity contribution in [3.63, 3.8) is 0 Å². The van der Waals surface area contributed by atoms with Crippen LogP contribution in [0.3, 0.4) is 0 Å². The van der Waals surface area contributed by atoms with Crippen molar-refractivity contribution in [1.82, 2.24) is 30.7 Å². The van der Waals surface area contributed by atoms with Crippen LogP contribution >= 0.6 is 11.8 Å². The van der Waals surface area contributed by atoms with Gasteiger partial charge in [0.2, 0.25) is 11.8 Å². The van der Waals surface area contributed by atoms with Gasteiger partial charge in [-0.05, 0) is 37.3 Å². The highest BCUT2D eigenvalue weighted by atomic mass is 32.2. The van der Waals surface area contributed by atoms with Crippen LogP contribution in [-0.4, -0.2) is 68.8 Å². The summed E-state index contributed by atoms with van der Waals surface area (Å²) in [4.78, 5) is 39.5. The van der Waals surface area contributed by atoms with E-state index < -0.39 is 12.0 Å². The van der Waals surface area contributed by atoms with E-state index in [0.29, 0.717) is 31.8 Å². The van der Waals surface area contributed by atoms with E-state index in [2.05, 4.69) is 29.8 Å². The third-order valence-electron chi connectivity index (χ3n) is 5.50. The molecule has 1 aromatic heterocycles. The molecule has 2 amide bonds. The molecule has 1 aromatic carbocycles. The van der Waals surface area contributed by atoms with E-state index in [1.165, 1.54) is 0 Å². The lowest BCUT2D eigenvalue weighted by molar-refractivity contribution is -0.134. The summed E-state index contributed by atoms with van der Waals surface area (Å²) in [6.07, 6.45) is 3.70. The number of fused-ring (bicyclic) bond motifs is 1. The molecule has 1 unspecified atom stereocenters. The fourth-order valence-electron chi connectivity index (χ4n) is 3.70. The van der Waals surface area contributed by atoms with Gasteiger partial charge in [-0.15, -0.1) is 0 Å². The molecule has 0 bridgehead atoms. The Morgan fingerprint density at radius 1 is 1.19 bits per heavy atom. The van der Waals surface area contributed by atoms with Crippen LogP contribution in [0, 0.1) is 5.92 Å². The minimum Gasteiger partial charge on any atom is -0.481 e. The predicted molar refractivity (Wildman–Crippen MR) is 142 cm³/mol. The van der Waals surface area contributed by atoms with Gasteiger partial charge in [0.25, 0.3) is 5.97 Å². The fraction of sp³-hybridized carbons (Fsp3) is 0.560. The van der Waals surface area contributed by atoms with Gasteiger partial charge in [-0.1, -0.05) is 44.2 Å². The van der Waals surface area contributed by atoms with Crippen molar-refractivity contribution in [1.29, 1.82) is 0 Å². The summed E-state index contributed by atoms with van der Waals surface area (Å²) >= 11 is 1.66. The van der Waals surface area contributed by atoms with Gasteiger partial charge in [-0.25, -0.2) is 9.67 Å². The maximum atomic E-state index is 13.2. The van der Waals surface area contributed by atoms with E-state index in [1.54, 1.807) is 11.8 Å². The molecule has 198 valence electrons. The Morgan fingerprint density at radius 2 is 1.89 bits per heavy atom. The number of aromatic nitrogens is 3. The molecule has 1 aliphatic heterocycles. The lowest BCUT2D eigenvalue weighted by Crippen LogP contribution is -2.49. The Morgan fingerprint density at radius 3 is 2.53 bits per heavy atom. The van der Waals surface area contributed by atoms with E-state index in [9.17, 15) is 9.59 Å². The number of hydrogen-bond acceptors (Lipinski definition) is 7. The molecule has 36 heavy (non-hydrogen) atoms. The Balaban J connectivity index is 0.00000106. The number of nitrogens with one attached hydrogen (secondary N) is 3. The van der Waals surface area contributed by atoms with E-state index in [-0.39, 0.29) is 23.8 Å². The first-order chi connectivity index (χ1) is 17.2. The van der Waals surface area contributed by atoms with Gasteiger partial charge >= 0.3 is 0 Å². The number of carboxylic acids is 1. The normalized spacial score (nSPS) is 19.2. The van der Waals surface area contributed by atoms with Crippen molar-refractivity contribution in [3.8, 4) is 11.4 Å². The average Bonchev–Trinajstić information content (AvgIpc) is 3.25. The second-order valence-corrected chi connectivity index (χ2v) is 9.87. The Labute approximate surface area is 217 Å². The number of carbonyl (C=O) groups excluding carboxylic acids is 2. The summed E-state index contributed by atoms with van der Waals surface area (Å²) in [5.74, 6) is 1.19. The summed E-state index contributed by atoms with van der Waals surface area (Å²) in [7, 11) is 0. The van der Waals surface area contributed by atoms with E-state index in [0.717, 1.165) is 37.0 Å². The van der Waals surface area contributed by atoms with Crippen LogP contribution in [0.5, 0.6) is 0 Å². The van der Waals surface area contributed by atoms with Crippen molar-refractivity contribution < 1.29 is 19.5 Å². The Kier molecular flexibility index (Phi) is 12.4. The Bertz CT molecular complexity index is 978. The van der Waals surface area contributed by atoms with Gasteiger partial charge in [0, 0.05) is 25.5 Å². The van der Waals surface area contributed by atoms with Crippen molar-refractivity contribution >= 4 is 29.5 Å². The summed E-state index contributed by atoms with van der Waals surface area (Å²) in [6, 6.07) is 9.00. The first-order valence-corrected chi connectivity index (χ1v) is 13.6. The lowest BCUT2D eigenvalue weighted by atomic mass is 10.0. The number of thioether (sulfide) groups is 1. The quantitative estimate of drug-likeness (QED) is 0.474. The van der Waals surface area contributed by atoms with Gasteiger partial charge in [0.15, 0.2) is 5.82 Å². The molecule has 4 N–H and O–H groups in total. The highest BCUT2D eigenvalue weighted by Gasteiger charge is 2.29. The molecule has 2 heterocycles. The largest absolute Gasteiger partial charge is 0.481 e. The fourth-order valence-corrected chi connectivity index (χ4v) is 4.17. The van der Waals surface area contributed by atoms with Gasteiger partial charge in [0.05, 0.1) is 12.6 Å². The summed E-state index contributed by atoms with van der Waals surface area (Å²) in [5, 5.41) is 21.7. The number of aliphatic carboxylic acids is 1. The summed E-state index contributed by atoms with van der Waals surface area (Å²) < 4.78 is 1.90. The molecule has 10 nitrogen and oxygen atoms in total. The van der Waals surface area contributed by atoms with E-state index >= 15 is 0 Å². The highest BCUT2D eigenvalue weighted by molar-refractivity contribution is 7.98. The molecule has 2 aromatic rings. The second-order valence-electron chi connectivity index (χ2n) is 8.89. The number of rotatable bonds is 5. The van der Waals surface area contributed by atoms with Gasteiger partial charge in [0.1, 0.15) is 11.9 Å². The number of amides is 2. The second kappa shape index (κ2) is 15.2. The molecule has 0 spiro atoms. The first-order valence-electron chi connectivity index (χ1n) is 12.2. The molecule has 0 fully saturated rings. The van der Waals surface area contributed by atoms with Crippen LogP contribution in [0.4, 0.5) is 0 Å². The van der Waals surface area contributed by atoms with Crippen LogP contribution in [0.1, 0.15) is 51.9 Å². The molecular weight excluding hydrogens is 480 g/mol. The van der Waals surface area contributed by atoms with E-state index in [4.69, 9.17) is 20.0 Å². The lowest BCUT2D eigenvalue weighted by Gasteiger charge is -2.26. The zero-order valence-corrected chi connectivity index (χ0v) is 22.3. The highest BCUT2D eigenvalue weighted by Crippen LogP contribution is 2.24. The number of hydrogen-bond donors (Lipinski definition) is 4. The maximum absolute atomic E-state index is 13.2. The van der Waals surface area contributed by atoms with Gasteiger partial charge in [-0.2, -0.15) is 16.9 Å². The number of nitrogens with zero attached hydrogens (tertiary/aromatic N) is 3. The first kappa shape index (κ1) is 29.3. The van der Waals surface area contributed by atoms with Crippen molar-refractivity contribution in [2.75, 3.05) is 25.1 Å². The van der Waals surface area contributed by atoms with Crippen LogP contribution in [0.2, 0.25) is 0 Å². The molecule has 11 heteroatoms. The summed E-state index contributed by atoms with van der Waals surface area (Å²) in [5.41, 5.74) is 0.942. The smallest absolute Gasteiger partial charge is 0.300 e. The van der Waals surface area contributed by atoms with Crippen LogP contribution in [0.15, 0.2) is 30.3 Å². The zero-order chi connectivity index (χ0) is 26.5. The van der Waals surface area contributed by atoms with Crippen molar-refractivity contribution in [2.24, 2.45) is 5.92 Å². The molecule has 0 saturated heterocycles. The van der Waals surface area contributed by atoms with Crippen LogP contribution < -0.4 is 16.0 Å². The average molecular weight is 519 g/mol. The molecule has 1 aliphatic rings. The van der Waals surface area contributed by atoms with Gasteiger partial charge in [-0.3, -0.25) is 14.4 Å². The molecule has 2 atom stereocenters. The standard InChI is InChI=1S/C23H34N6O2S.C2H4O2/c1-16(2)20-22-27-21(17-8-5-4-6-9-17)28-29(22)14-13-24-12-7-10-19(30)25-18(11-15-32-3)23(31)26-20;1-2(3)4/h4-6,8-9,16,18,20,24H,7,10-15H2,1-3H3,(H,25,30)(H,26,31);1H3,(H,3,4)/t18-,20?;/m0./s1. The SMILES string of the molecule is CC(=O)O.CSCC[C@@H]1NC(=O)CCCNCCn2nc(-c3ccccc3)nc2C(C(C)C)NC1=O. The Hall–Kier alpha value is -2.92. The minimum absolute atomic E-state index is 0.0826. The molecule has 3 rings (SSSR count). The minimum atomic E-state index is -0.833. The number of carbonyl (C=O) groups is 3.